The summed E-state index contributed by atoms with van der Waals surface area (Å²) in [5, 5.41) is 7.75. The van der Waals surface area contributed by atoms with Crippen LogP contribution in [0.1, 0.15) is 54.1 Å². The first-order valence-corrected chi connectivity index (χ1v) is 10.2. The van der Waals surface area contributed by atoms with Gasteiger partial charge in [0.25, 0.3) is 0 Å². The van der Waals surface area contributed by atoms with Crippen molar-refractivity contribution < 1.29 is 4.79 Å². The Balaban J connectivity index is 1.28. The summed E-state index contributed by atoms with van der Waals surface area (Å²) >= 11 is 0. The summed E-state index contributed by atoms with van der Waals surface area (Å²) in [6.07, 6.45) is 6.90. The van der Waals surface area contributed by atoms with Crippen LogP contribution in [0.2, 0.25) is 0 Å². The van der Waals surface area contributed by atoms with Gasteiger partial charge in [-0.25, -0.2) is 9.50 Å². The first kappa shape index (κ1) is 18.7. The maximum atomic E-state index is 12.2. The number of aryl methyl sites for hydroxylation is 2. The predicted octanol–water partition coefficient (Wildman–Crippen LogP) is 3.98. The summed E-state index contributed by atoms with van der Waals surface area (Å²) in [7, 11) is 0. The first-order valence-electron chi connectivity index (χ1n) is 10.2. The van der Waals surface area contributed by atoms with Crippen LogP contribution in [-0.4, -0.2) is 27.0 Å². The lowest BCUT2D eigenvalue weighted by Crippen LogP contribution is -2.32. The molecule has 1 aliphatic rings. The van der Waals surface area contributed by atoms with Crippen molar-refractivity contribution in [1.82, 2.24) is 19.9 Å². The molecule has 28 heavy (non-hydrogen) atoms. The highest BCUT2D eigenvalue weighted by atomic mass is 16.1. The number of carbonyl (C=O) groups excluding carboxylic acids is 1. The molecule has 1 fully saturated rings. The van der Waals surface area contributed by atoms with Crippen molar-refractivity contribution in [3.8, 4) is 0 Å². The van der Waals surface area contributed by atoms with E-state index in [1.165, 1.54) is 11.3 Å². The molecule has 2 aromatic heterocycles. The molecule has 5 heteroatoms. The average molecular weight is 377 g/mol. The Morgan fingerprint density at radius 2 is 1.86 bits per heavy atom. The molecule has 0 radical (unpaired) electrons. The van der Waals surface area contributed by atoms with Crippen molar-refractivity contribution in [3.63, 3.8) is 0 Å². The summed E-state index contributed by atoms with van der Waals surface area (Å²) in [4.78, 5) is 16.7. The highest BCUT2D eigenvalue weighted by Gasteiger charge is 2.24. The zero-order chi connectivity index (χ0) is 19.5. The Morgan fingerprint density at radius 1 is 1.11 bits per heavy atom. The van der Waals surface area contributed by atoms with Crippen LogP contribution in [0.15, 0.2) is 42.6 Å². The molecule has 3 aromatic rings. The van der Waals surface area contributed by atoms with Crippen LogP contribution in [0.25, 0.3) is 5.65 Å². The third-order valence-corrected chi connectivity index (χ3v) is 5.85. The van der Waals surface area contributed by atoms with Gasteiger partial charge in [0.05, 0.1) is 12.1 Å². The molecule has 0 aliphatic heterocycles. The summed E-state index contributed by atoms with van der Waals surface area (Å²) in [6.45, 7) is 4.85. The summed E-state index contributed by atoms with van der Waals surface area (Å²) in [5.74, 6) is 1.20. The molecule has 1 aliphatic carbocycles. The van der Waals surface area contributed by atoms with E-state index in [-0.39, 0.29) is 5.91 Å². The Hall–Kier alpha value is -2.69. The van der Waals surface area contributed by atoms with E-state index in [0.29, 0.717) is 18.3 Å². The Labute approximate surface area is 166 Å². The minimum absolute atomic E-state index is 0.119. The van der Waals surface area contributed by atoms with E-state index in [4.69, 9.17) is 0 Å². The van der Waals surface area contributed by atoms with Gasteiger partial charge in [0.2, 0.25) is 5.91 Å². The van der Waals surface area contributed by atoms with Crippen molar-refractivity contribution in [2.75, 3.05) is 6.54 Å². The third-order valence-electron chi connectivity index (χ3n) is 5.85. The van der Waals surface area contributed by atoms with Crippen molar-refractivity contribution in [2.24, 2.45) is 5.92 Å². The number of aromatic nitrogens is 3. The van der Waals surface area contributed by atoms with Crippen molar-refractivity contribution in [3.05, 3.63) is 65.1 Å². The zero-order valence-corrected chi connectivity index (χ0v) is 16.7. The lowest BCUT2D eigenvalue weighted by atomic mass is 9.80. The molecule has 1 amide bonds. The van der Waals surface area contributed by atoms with Crippen LogP contribution in [-0.2, 0) is 11.2 Å². The molecule has 5 nitrogen and oxygen atoms in total. The van der Waals surface area contributed by atoms with Crippen LogP contribution in [0.4, 0.5) is 0 Å². The number of fused-ring (bicyclic) bond motifs is 1. The molecule has 0 saturated heterocycles. The maximum absolute atomic E-state index is 12.2. The van der Waals surface area contributed by atoms with Gasteiger partial charge in [0.15, 0.2) is 5.65 Å². The van der Waals surface area contributed by atoms with Gasteiger partial charge >= 0.3 is 0 Å². The van der Waals surface area contributed by atoms with E-state index in [9.17, 15) is 4.79 Å². The lowest BCUT2D eigenvalue weighted by Gasteiger charge is -2.29. The SMILES string of the molecule is Cc1ccc(CC(=O)NCC2CCC(c3ccnc4cc(C)nn34)CC2)cc1. The van der Waals surface area contributed by atoms with Crippen LogP contribution in [0.5, 0.6) is 0 Å². The van der Waals surface area contributed by atoms with Crippen molar-refractivity contribution in [2.45, 2.75) is 51.9 Å². The molecule has 146 valence electrons. The number of hydrogen-bond acceptors (Lipinski definition) is 3. The van der Waals surface area contributed by atoms with Crippen LogP contribution in [0.3, 0.4) is 0 Å². The number of nitrogens with zero attached hydrogens (tertiary/aromatic N) is 3. The molecule has 2 heterocycles. The average Bonchev–Trinajstić information content (AvgIpc) is 3.09. The normalized spacial score (nSPS) is 19.6. The van der Waals surface area contributed by atoms with E-state index < -0.39 is 0 Å². The maximum Gasteiger partial charge on any atom is 0.224 e. The second-order valence-corrected chi connectivity index (χ2v) is 8.11. The first-order chi connectivity index (χ1) is 13.6. The largest absolute Gasteiger partial charge is 0.356 e. The molecule has 1 aromatic carbocycles. The van der Waals surface area contributed by atoms with Gasteiger partial charge < -0.3 is 5.32 Å². The van der Waals surface area contributed by atoms with Gasteiger partial charge in [-0.2, -0.15) is 5.10 Å². The van der Waals surface area contributed by atoms with Crippen molar-refractivity contribution >= 4 is 11.6 Å². The van der Waals surface area contributed by atoms with Gasteiger partial charge in [0, 0.05) is 30.4 Å². The Kier molecular flexibility index (Phi) is 5.42. The second kappa shape index (κ2) is 8.13. The fourth-order valence-corrected chi connectivity index (χ4v) is 4.21. The minimum atomic E-state index is 0.119. The number of hydrogen-bond donors (Lipinski definition) is 1. The molecule has 0 unspecified atom stereocenters. The molecular formula is C23H28N4O. The summed E-state index contributed by atoms with van der Waals surface area (Å²) < 4.78 is 2.00. The van der Waals surface area contributed by atoms with Gasteiger partial charge in [-0.3, -0.25) is 4.79 Å². The second-order valence-electron chi connectivity index (χ2n) is 8.11. The van der Waals surface area contributed by atoms with Gasteiger partial charge in [-0.15, -0.1) is 0 Å². The quantitative estimate of drug-likeness (QED) is 0.733. The predicted molar refractivity (Wildman–Crippen MR) is 110 cm³/mol. The highest BCUT2D eigenvalue weighted by Crippen LogP contribution is 2.35. The standard InChI is InChI=1S/C23H28N4O/c1-16-3-5-18(6-4-16)14-23(28)25-15-19-7-9-20(10-8-19)21-11-12-24-22-13-17(2)26-27(21)22/h3-6,11-13,19-20H,7-10,14-15H2,1-2H3,(H,25,28). The highest BCUT2D eigenvalue weighted by molar-refractivity contribution is 5.78. The molecule has 1 saturated carbocycles. The molecule has 0 spiro atoms. The third kappa shape index (κ3) is 4.24. The van der Waals surface area contributed by atoms with Crippen molar-refractivity contribution in [1.29, 1.82) is 0 Å². The Morgan fingerprint density at radius 3 is 2.61 bits per heavy atom. The summed E-state index contributed by atoms with van der Waals surface area (Å²) in [5.41, 5.74) is 5.49. The van der Waals surface area contributed by atoms with Gasteiger partial charge in [-0.05, 0) is 57.1 Å². The molecular weight excluding hydrogens is 348 g/mol. The fourth-order valence-electron chi connectivity index (χ4n) is 4.21. The number of nitrogens with one attached hydrogen (secondary N) is 1. The van der Waals surface area contributed by atoms with Gasteiger partial charge in [-0.1, -0.05) is 29.8 Å². The minimum Gasteiger partial charge on any atom is -0.356 e. The number of rotatable bonds is 5. The fraction of sp³-hybridized carbons (Fsp3) is 0.435. The van der Waals surface area contributed by atoms with Crippen LogP contribution < -0.4 is 5.32 Å². The van der Waals surface area contributed by atoms with E-state index in [2.05, 4.69) is 40.5 Å². The molecule has 4 rings (SSSR count). The Bertz CT molecular complexity index is 952. The lowest BCUT2D eigenvalue weighted by molar-refractivity contribution is -0.120. The van der Waals surface area contributed by atoms with Gasteiger partial charge in [0.1, 0.15) is 0 Å². The van der Waals surface area contributed by atoms with Crippen LogP contribution in [0, 0.1) is 19.8 Å². The van der Waals surface area contributed by atoms with Crippen LogP contribution >= 0.6 is 0 Å². The smallest absolute Gasteiger partial charge is 0.224 e. The van der Waals surface area contributed by atoms with E-state index in [1.54, 1.807) is 0 Å². The molecule has 0 atom stereocenters. The molecule has 1 N–H and O–H groups in total. The monoisotopic (exact) mass is 376 g/mol. The summed E-state index contributed by atoms with van der Waals surface area (Å²) in [6, 6.07) is 12.3. The topological polar surface area (TPSA) is 59.3 Å². The van der Waals surface area contributed by atoms with E-state index >= 15 is 0 Å². The number of amides is 1. The number of carbonyl (C=O) groups is 1. The van der Waals surface area contributed by atoms with E-state index in [0.717, 1.165) is 49.1 Å². The molecule has 0 bridgehead atoms. The number of benzene rings is 1. The zero-order valence-electron chi connectivity index (χ0n) is 16.7. The van der Waals surface area contributed by atoms with E-state index in [1.807, 2.05) is 35.8 Å².